The van der Waals surface area contributed by atoms with Gasteiger partial charge >= 0.3 is 0 Å². The summed E-state index contributed by atoms with van der Waals surface area (Å²) in [6.45, 7) is 0. The van der Waals surface area contributed by atoms with Crippen LogP contribution < -0.4 is 0 Å². The molecule has 0 spiro atoms. The molecule has 2 nitrogen and oxygen atoms in total. The van der Waals surface area contributed by atoms with Crippen molar-refractivity contribution in [1.82, 2.24) is 0 Å². The number of rotatable bonds is 0. The molecule has 3 heteroatoms. The van der Waals surface area contributed by atoms with E-state index in [0.29, 0.717) is 0 Å². The van der Waals surface area contributed by atoms with Gasteiger partial charge in [-0.15, -0.1) is 0 Å². The summed E-state index contributed by atoms with van der Waals surface area (Å²) >= 11 is 0. The Hall–Kier alpha value is -0.670. The summed E-state index contributed by atoms with van der Waals surface area (Å²) in [6.07, 6.45) is 1.25. The van der Waals surface area contributed by atoms with Crippen molar-refractivity contribution in [1.29, 1.82) is 0 Å². The third kappa shape index (κ3) is 1.37. The second-order valence-electron chi connectivity index (χ2n) is 1.89. The first-order valence-corrected chi connectivity index (χ1v) is 2.62. The van der Waals surface area contributed by atoms with Gasteiger partial charge in [0.05, 0.1) is 0 Å². The molecule has 50 valence electrons. The van der Waals surface area contributed by atoms with Crippen molar-refractivity contribution >= 4 is 0 Å². The normalized spacial score (nSPS) is 34.3. The van der Waals surface area contributed by atoms with Crippen LogP contribution in [-0.2, 0) is 0 Å². The molecule has 0 unspecified atom stereocenters. The minimum absolute atomic E-state index is 0.507. The van der Waals surface area contributed by atoms with Crippen LogP contribution in [0.1, 0.15) is 0 Å². The second kappa shape index (κ2) is 2.29. The second-order valence-corrected chi connectivity index (χ2v) is 1.89. The van der Waals surface area contributed by atoms with Gasteiger partial charge < -0.3 is 10.2 Å². The lowest BCUT2D eigenvalue weighted by molar-refractivity contribution is 0.0774. The van der Waals surface area contributed by atoms with Gasteiger partial charge in [0.2, 0.25) is 0 Å². The Morgan fingerprint density at radius 2 is 2.00 bits per heavy atom. The zero-order valence-corrected chi connectivity index (χ0v) is 4.66. The van der Waals surface area contributed by atoms with E-state index in [2.05, 4.69) is 0 Å². The molecule has 0 fully saturated rings. The minimum Gasteiger partial charge on any atom is -0.386 e. The highest BCUT2D eigenvalue weighted by atomic mass is 19.1. The van der Waals surface area contributed by atoms with Gasteiger partial charge in [0, 0.05) is 0 Å². The van der Waals surface area contributed by atoms with Gasteiger partial charge in [-0.25, -0.2) is 4.39 Å². The summed E-state index contributed by atoms with van der Waals surface area (Å²) in [5, 5.41) is 17.5. The van der Waals surface area contributed by atoms with Crippen molar-refractivity contribution < 1.29 is 14.6 Å². The van der Waals surface area contributed by atoms with Crippen molar-refractivity contribution in [3.05, 3.63) is 24.1 Å². The van der Waals surface area contributed by atoms with Gasteiger partial charge in [-0.3, -0.25) is 0 Å². The molecule has 2 N–H and O–H groups in total. The molecule has 0 amide bonds. The molecular formula is C6H7FO2. The zero-order valence-electron chi connectivity index (χ0n) is 4.66. The number of hydrogen-bond acceptors (Lipinski definition) is 2. The topological polar surface area (TPSA) is 40.5 Å². The van der Waals surface area contributed by atoms with Gasteiger partial charge in [0.15, 0.2) is 0 Å². The van der Waals surface area contributed by atoms with Crippen LogP contribution in [0, 0.1) is 0 Å². The van der Waals surface area contributed by atoms with Crippen LogP contribution in [0.5, 0.6) is 0 Å². The van der Waals surface area contributed by atoms with E-state index in [1.807, 2.05) is 0 Å². The number of allylic oxidation sites excluding steroid dienone is 2. The Morgan fingerprint density at radius 3 is 2.44 bits per heavy atom. The van der Waals surface area contributed by atoms with E-state index in [1.54, 1.807) is 0 Å². The van der Waals surface area contributed by atoms with Crippen LogP contribution in [0.15, 0.2) is 24.1 Å². The Kier molecular flexibility index (Phi) is 1.64. The van der Waals surface area contributed by atoms with E-state index in [4.69, 9.17) is 10.2 Å². The zero-order chi connectivity index (χ0) is 6.85. The quantitative estimate of drug-likeness (QED) is 0.489. The third-order valence-electron chi connectivity index (χ3n) is 1.13. The summed E-state index contributed by atoms with van der Waals surface area (Å²) < 4.78 is 12.1. The molecule has 0 saturated carbocycles. The Balaban J connectivity index is 2.70. The fraction of sp³-hybridized carbons (Fsp3) is 0.333. The maximum atomic E-state index is 12.1. The van der Waals surface area contributed by atoms with Gasteiger partial charge in [-0.2, -0.15) is 0 Å². The van der Waals surface area contributed by atoms with Gasteiger partial charge in [0.1, 0.15) is 18.0 Å². The maximum absolute atomic E-state index is 12.1. The predicted octanol–water partition coefficient (Wildman–Crippen LogP) is 0.131. The Bertz CT molecular complexity index is 162. The van der Waals surface area contributed by atoms with Gasteiger partial charge in [0.25, 0.3) is 0 Å². The molecule has 1 aliphatic carbocycles. The fourth-order valence-electron chi connectivity index (χ4n) is 0.622. The molecule has 0 aromatic heterocycles. The molecule has 0 aromatic carbocycles. The molecule has 0 bridgehead atoms. The summed E-state index contributed by atoms with van der Waals surface area (Å²) in [5.74, 6) is -0.507. The lowest BCUT2D eigenvalue weighted by Gasteiger charge is -2.12. The number of halogens is 1. The molecule has 0 saturated heterocycles. The molecule has 1 rings (SSSR count). The smallest absolute Gasteiger partial charge is 0.121 e. The average molecular weight is 130 g/mol. The summed E-state index contributed by atoms with van der Waals surface area (Å²) in [6, 6.07) is 0. The van der Waals surface area contributed by atoms with E-state index in [0.717, 1.165) is 12.2 Å². The average Bonchev–Trinajstić information content (AvgIpc) is 1.80. The Labute approximate surface area is 51.9 Å². The van der Waals surface area contributed by atoms with Crippen LogP contribution in [0.2, 0.25) is 0 Å². The highest BCUT2D eigenvalue weighted by Gasteiger charge is 2.14. The van der Waals surface area contributed by atoms with Crippen molar-refractivity contribution in [3.8, 4) is 0 Å². The number of aliphatic hydroxyl groups is 2. The third-order valence-corrected chi connectivity index (χ3v) is 1.13. The molecular weight excluding hydrogens is 123 g/mol. The van der Waals surface area contributed by atoms with E-state index >= 15 is 0 Å². The summed E-state index contributed by atoms with van der Waals surface area (Å²) in [5.41, 5.74) is 0. The molecule has 0 aliphatic heterocycles. The van der Waals surface area contributed by atoms with Crippen molar-refractivity contribution in [2.24, 2.45) is 0 Å². The molecule has 9 heavy (non-hydrogen) atoms. The highest BCUT2D eigenvalue weighted by molar-refractivity contribution is 5.21. The van der Waals surface area contributed by atoms with Crippen LogP contribution in [-0.4, -0.2) is 22.4 Å². The van der Waals surface area contributed by atoms with E-state index in [1.165, 1.54) is 6.08 Å². The molecule has 0 heterocycles. The standard InChI is InChI=1S/C6H7FO2/c7-4-1-2-5(8)6(9)3-4/h1-3,5-6,8-9H/t5-,6+/m0/s1. The number of hydrogen-bond donors (Lipinski definition) is 2. The predicted molar refractivity (Wildman–Crippen MR) is 30.3 cm³/mol. The largest absolute Gasteiger partial charge is 0.386 e. The first-order valence-electron chi connectivity index (χ1n) is 2.62. The molecule has 0 aromatic rings. The van der Waals surface area contributed by atoms with Crippen molar-refractivity contribution in [2.75, 3.05) is 0 Å². The highest BCUT2D eigenvalue weighted by Crippen LogP contribution is 2.11. The number of aliphatic hydroxyl groups excluding tert-OH is 2. The van der Waals surface area contributed by atoms with E-state index in [9.17, 15) is 4.39 Å². The van der Waals surface area contributed by atoms with Gasteiger partial charge in [-0.05, 0) is 12.2 Å². The monoisotopic (exact) mass is 130 g/mol. The summed E-state index contributed by atoms with van der Waals surface area (Å²) in [7, 11) is 0. The van der Waals surface area contributed by atoms with Crippen LogP contribution in [0.25, 0.3) is 0 Å². The SMILES string of the molecule is O[C@@H]1C=C(F)C=C[C@@H]1O. The van der Waals surface area contributed by atoms with Crippen molar-refractivity contribution in [2.45, 2.75) is 12.2 Å². The fourth-order valence-corrected chi connectivity index (χ4v) is 0.622. The lowest BCUT2D eigenvalue weighted by Crippen LogP contribution is -2.23. The van der Waals surface area contributed by atoms with Crippen molar-refractivity contribution in [3.63, 3.8) is 0 Å². The Morgan fingerprint density at radius 1 is 1.33 bits per heavy atom. The van der Waals surface area contributed by atoms with E-state index < -0.39 is 18.0 Å². The van der Waals surface area contributed by atoms with E-state index in [-0.39, 0.29) is 0 Å². The minimum atomic E-state index is -1.09. The molecule has 0 radical (unpaired) electrons. The molecule has 2 atom stereocenters. The first kappa shape index (κ1) is 6.45. The lowest BCUT2D eigenvalue weighted by atomic mass is 10.1. The van der Waals surface area contributed by atoms with Crippen LogP contribution >= 0.6 is 0 Å². The van der Waals surface area contributed by atoms with Crippen LogP contribution in [0.4, 0.5) is 4.39 Å². The maximum Gasteiger partial charge on any atom is 0.121 e. The van der Waals surface area contributed by atoms with Gasteiger partial charge in [-0.1, -0.05) is 6.08 Å². The first-order chi connectivity index (χ1) is 4.20. The molecule has 1 aliphatic rings. The van der Waals surface area contributed by atoms with Crippen LogP contribution in [0.3, 0.4) is 0 Å². The summed E-state index contributed by atoms with van der Waals surface area (Å²) in [4.78, 5) is 0.